The summed E-state index contributed by atoms with van der Waals surface area (Å²) in [6.07, 6.45) is -2.11. The van der Waals surface area contributed by atoms with Crippen molar-refractivity contribution in [1.29, 1.82) is 0 Å². The lowest BCUT2D eigenvalue weighted by molar-refractivity contribution is -0.149. The molecule has 13 nitrogen and oxygen atoms in total. The molecule has 0 bridgehead atoms. The van der Waals surface area contributed by atoms with Crippen molar-refractivity contribution in [2.45, 2.75) is 50.9 Å². The van der Waals surface area contributed by atoms with Crippen molar-refractivity contribution in [1.82, 2.24) is 14.9 Å². The van der Waals surface area contributed by atoms with Crippen LogP contribution < -0.4 is 16.3 Å². The number of anilines is 1. The van der Waals surface area contributed by atoms with Gasteiger partial charge in [0, 0.05) is 12.7 Å². The van der Waals surface area contributed by atoms with Gasteiger partial charge in [-0.05, 0) is 48.9 Å². The van der Waals surface area contributed by atoms with E-state index in [0.717, 1.165) is 23.8 Å². The van der Waals surface area contributed by atoms with Gasteiger partial charge in [0.05, 0.1) is 16.7 Å². The number of urea groups is 1. The van der Waals surface area contributed by atoms with Crippen LogP contribution in [-0.2, 0) is 18.9 Å². The zero-order chi connectivity index (χ0) is 33.9. The van der Waals surface area contributed by atoms with Crippen LogP contribution in [0.15, 0.2) is 108 Å². The van der Waals surface area contributed by atoms with Gasteiger partial charge in [-0.1, -0.05) is 74.4 Å². The predicted octanol–water partition coefficient (Wildman–Crippen LogP) is 4.72. The number of carbonyl (C=O) groups is 4. The highest BCUT2D eigenvalue weighted by Crippen LogP contribution is 2.35. The monoisotopic (exact) mass is 654 g/mol. The average molecular weight is 655 g/mol. The van der Waals surface area contributed by atoms with Crippen LogP contribution in [0.1, 0.15) is 63.5 Å². The molecule has 2 amide bonds. The fourth-order valence-corrected chi connectivity index (χ4v) is 4.87. The standard InChI is InChI=1S/C35H34N4O9/c1-2-3-13-21-36-34(43)37-26-20-22-39(35(44)38-26)29-27(45-30(40)23-14-7-4-8-15-23)28(46-31(41)24-16-9-5-10-17-24)33(47-29)48-32(42)25-18-11-6-12-19-25/h4-12,14-20,22,27-29,33H,2-3,13,21H2,1H3,(H2,36,37,38,43,44)/t27-,28+,29-,33-/m1/s1. The minimum Gasteiger partial charge on any atom is -0.450 e. The molecule has 4 atom stereocenters. The van der Waals surface area contributed by atoms with Gasteiger partial charge in [0.25, 0.3) is 0 Å². The topological polar surface area (TPSA) is 164 Å². The Balaban J connectivity index is 1.47. The molecule has 48 heavy (non-hydrogen) atoms. The smallest absolute Gasteiger partial charge is 0.351 e. The number of esters is 3. The van der Waals surface area contributed by atoms with Gasteiger partial charge in [-0.2, -0.15) is 4.98 Å². The molecule has 248 valence electrons. The van der Waals surface area contributed by atoms with Crippen LogP contribution in [0.3, 0.4) is 0 Å². The third kappa shape index (κ3) is 8.50. The van der Waals surface area contributed by atoms with Crippen LogP contribution in [0.5, 0.6) is 0 Å². The zero-order valence-electron chi connectivity index (χ0n) is 26.0. The van der Waals surface area contributed by atoms with Crippen LogP contribution in [0, 0.1) is 0 Å². The summed E-state index contributed by atoms with van der Waals surface area (Å²) in [7, 11) is 0. The highest BCUT2D eigenvalue weighted by molar-refractivity contribution is 5.91. The summed E-state index contributed by atoms with van der Waals surface area (Å²) < 4.78 is 24.3. The molecular formula is C35H34N4O9. The number of hydrogen-bond donors (Lipinski definition) is 2. The van der Waals surface area contributed by atoms with Crippen molar-refractivity contribution < 1.29 is 38.1 Å². The molecule has 2 heterocycles. The van der Waals surface area contributed by atoms with Gasteiger partial charge in [-0.15, -0.1) is 0 Å². The maximum absolute atomic E-state index is 13.4. The number of rotatable bonds is 12. The Hall–Kier alpha value is -5.82. The first-order chi connectivity index (χ1) is 23.3. The van der Waals surface area contributed by atoms with Gasteiger partial charge in [-0.3, -0.25) is 9.88 Å². The molecule has 0 saturated carbocycles. The second-order valence-electron chi connectivity index (χ2n) is 10.7. The Morgan fingerprint density at radius 2 is 1.25 bits per heavy atom. The third-order valence-corrected chi connectivity index (χ3v) is 7.30. The summed E-state index contributed by atoms with van der Waals surface area (Å²) in [6.45, 7) is 2.50. The minimum absolute atomic E-state index is 0.0424. The fourth-order valence-electron chi connectivity index (χ4n) is 4.87. The summed E-state index contributed by atoms with van der Waals surface area (Å²) in [5.74, 6) is -2.49. The number of ether oxygens (including phenoxy) is 4. The van der Waals surface area contributed by atoms with E-state index < -0.39 is 54.4 Å². The Morgan fingerprint density at radius 1 is 0.729 bits per heavy atom. The molecule has 0 unspecified atom stereocenters. The number of carbonyl (C=O) groups excluding carboxylic acids is 4. The van der Waals surface area contributed by atoms with E-state index in [0.29, 0.717) is 6.54 Å². The van der Waals surface area contributed by atoms with Crippen LogP contribution in [0.25, 0.3) is 0 Å². The van der Waals surface area contributed by atoms with Crippen molar-refractivity contribution in [3.63, 3.8) is 0 Å². The van der Waals surface area contributed by atoms with Gasteiger partial charge in [0.1, 0.15) is 5.82 Å². The maximum atomic E-state index is 13.4. The maximum Gasteiger partial charge on any atom is 0.351 e. The number of nitrogens with zero attached hydrogens (tertiary/aromatic N) is 2. The molecule has 0 aliphatic carbocycles. The number of aromatic nitrogens is 2. The van der Waals surface area contributed by atoms with Crippen molar-refractivity contribution in [3.05, 3.63) is 130 Å². The Kier molecular flexibility index (Phi) is 11.3. The van der Waals surface area contributed by atoms with E-state index in [4.69, 9.17) is 18.9 Å². The number of benzene rings is 3. The largest absolute Gasteiger partial charge is 0.450 e. The van der Waals surface area contributed by atoms with Gasteiger partial charge in [0.2, 0.25) is 12.4 Å². The van der Waals surface area contributed by atoms with Gasteiger partial charge in [-0.25, -0.2) is 24.0 Å². The van der Waals surface area contributed by atoms with E-state index in [1.807, 2.05) is 6.92 Å². The predicted molar refractivity (Wildman–Crippen MR) is 172 cm³/mol. The highest BCUT2D eigenvalue weighted by Gasteiger charge is 2.53. The van der Waals surface area contributed by atoms with E-state index in [1.54, 1.807) is 54.6 Å². The van der Waals surface area contributed by atoms with E-state index in [2.05, 4.69) is 15.6 Å². The molecule has 1 aromatic heterocycles. The van der Waals surface area contributed by atoms with Gasteiger partial charge >= 0.3 is 29.6 Å². The van der Waals surface area contributed by atoms with Crippen molar-refractivity contribution in [2.75, 3.05) is 11.9 Å². The van der Waals surface area contributed by atoms with E-state index in [9.17, 15) is 24.0 Å². The van der Waals surface area contributed by atoms with Crippen LogP contribution in [-0.4, -0.2) is 58.5 Å². The lowest BCUT2D eigenvalue weighted by Crippen LogP contribution is -2.42. The average Bonchev–Trinajstić information content (AvgIpc) is 3.42. The molecule has 5 rings (SSSR count). The Labute approximate surface area is 275 Å². The lowest BCUT2D eigenvalue weighted by Gasteiger charge is -2.24. The molecular weight excluding hydrogens is 620 g/mol. The Morgan fingerprint density at radius 3 is 1.77 bits per heavy atom. The molecule has 1 aliphatic heterocycles. The normalized spacial score (nSPS) is 18.4. The molecule has 4 aromatic rings. The first-order valence-electron chi connectivity index (χ1n) is 15.4. The number of hydrogen-bond acceptors (Lipinski definition) is 10. The summed E-state index contributed by atoms with van der Waals surface area (Å²) in [5.41, 5.74) is -0.376. The van der Waals surface area contributed by atoms with Gasteiger partial charge in [0.15, 0.2) is 12.3 Å². The second-order valence-corrected chi connectivity index (χ2v) is 10.7. The summed E-state index contributed by atoms with van der Waals surface area (Å²) >= 11 is 0. The van der Waals surface area contributed by atoms with Gasteiger partial charge < -0.3 is 24.3 Å². The zero-order valence-corrected chi connectivity index (χ0v) is 26.0. The first-order valence-corrected chi connectivity index (χ1v) is 15.4. The van der Waals surface area contributed by atoms with Crippen molar-refractivity contribution in [3.8, 4) is 0 Å². The molecule has 1 aliphatic rings. The summed E-state index contributed by atoms with van der Waals surface area (Å²) in [4.78, 5) is 69.4. The second kappa shape index (κ2) is 16.1. The minimum atomic E-state index is -1.62. The number of nitrogens with one attached hydrogen (secondary N) is 2. The summed E-state index contributed by atoms with van der Waals surface area (Å²) in [5, 5.41) is 5.21. The molecule has 3 aromatic carbocycles. The quantitative estimate of drug-likeness (QED) is 0.124. The first kappa shape index (κ1) is 33.5. The van der Waals surface area contributed by atoms with Crippen molar-refractivity contribution >= 4 is 29.8 Å². The Bertz CT molecular complexity index is 1770. The van der Waals surface area contributed by atoms with Crippen LogP contribution in [0.4, 0.5) is 10.6 Å². The van der Waals surface area contributed by atoms with Crippen molar-refractivity contribution in [2.24, 2.45) is 0 Å². The van der Waals surface area contributed by atoms with E-state index >= 15 is 0 Å². The van der Waals surface area contributed by atoms with Crippen LogP contribution in [0.2, 0.25) is 0 Å². The fraction of sp³-hybridized carbons (Fsp3) is 0.257. The molecule has 0 spiro atoms. The highest BCUT2D eigenvalue weighted by atomic mass is 16.8. The molecule has 1 fully saturated rings. The SMILES string of the molecule is CCCCCNC(=O)Nc1ccn([C@@H]2O[C@H](OC(=O)c3ccccc3)[C@@H](OC(=O)c3ccccc3)[C@H]2OC(=O)c2ccccc2)c(=O)n1. The third-order valence-electron chi connectivity index (χ3n) is 7.30. The molecule has 1 saturated heterocycles. The molecule has 0 radical (unpaired) electrons. The van der Waals surface area contributed by atoms with Crippen LogP contribution >= 0.6 is 0 Å². The molecule has 2 N–H and O–H groups in total. The van der Waals surface area contributed by atoms with E-state index in [1.165, 1.54) is 48.7 Å². The van der Waals surface area contributed by atoms with E-state index in [-0.39, 0.29) is 22.5 Å². The summed E-state index contributed by atoms with van der Waals surface area (Å²) in [6, 6.07) is 24.9. The molecule has 13 heteroatoms. The lowest BCUT2D eigenvalue weighted by atomic mass is 10.1. The number of amides is 2. The number of unbranched alkanes of at least 4 members (excludes halogenated alkanes) is 2.